The molecule has 4 heteroatoms. The lowest BCUT2D eigenvalue weighted by Crippen LogP contribution is -2.48. The summed E-state index contributed by atoms with van der Waals surface area (Å²) in [4.78, 5) is 27.0. The molecule has 1 aliphatic heterocycles. The number of amides is 3. The molecular formula is C25H40N2O2. The van der Waals surface area contributed by atoms with Gasteiger partial charge in [-0.1, -0.05) is 63.9 Å². The summed E-state index contributed by atoms with van der Waals surface area (Å²) in [6, 6.07) is 10.4. The summed E-state index contributed by atoms with van der Waals surface area (Å²) in [6.45, 7) is 7.98. The van der Waals surface area contributed by atoms with Gasteiger partial charge < -0.3 is 4.90 Å². The van der Waals surface area contributed by atoms with Crippen molar-refractivity contribution in [3.8, 4) is 0 Å². The van der Waals surface area contributed by atoms with Crippen LogP contribution in [0.3, 0.4) is 0 Å². The molecule has 1 saturated heterocycles. The molecule has 0 radical (unpaired) electrons. The minimum absolute atomic E-state index is 0.0399. The smallest absolute Gasteiger partial charge is 0.324 e. The molecule has 1 heterocycles. The molecule has 4 nitrogen and oxygen atoms in total. The predicted molar refractivity (Wildman–Crippen MR) is 120 cm³/mol. The fourth-order valence-electron chi connectivity index (χ4n) is 4.24. The number of piperidine rings is 1. The van der Waals surface area contributed by atoms with Gasteiger partial charge in [-0.15, -0.1) is 0 Å². The molecule has 1 atom stereocenters. The Bertz CT molecular complexity index is 607. The molecule has 0 aromatic heterocycles. The molecule has 1 aromatic rings. The van der Waals surface area contributed by atoms with Crippen LogP contribution in [0.15, 0.2) is 30.3 Å². The minimum atomic E-state index is -0.191. The number of rotatable bonds is 10. The van der Waals surface area contributed by atoms with Gasteiger partial charge in [0.1, 0.15) is 0 Å². The lowest BCUT2D eigenvalue weighted by Gasteiger charge is -2.32. The number of urea groups is 1. The van der Waals surface area contributed by atoms with E-state index in [1.54, 1.807) is 0 Å². The van der Waals surface area contributed by atoms with Gasteiger partial charge in [-0.05, 0) is 62.3 Å². The van der Waals surface area contributed by atoms with Gasteiger partial charge in [-0.25, -0.2) is 4.79 Å². The topological polar surface area (TPSA) is 49.4 Å². The second kappa shape index (κ2) is 12.7. The van der Waals surface area contributed by atoms with E-state index in [1.807, 2.05) is 4.90 Å². The summed E-state index contributed by atoms with van der Waals surface area (Å²) >= 11 is 0. The number of benzene rings is 1. The first-order valence-electron chi connectivity index (χ1n) is 11.6. The van der Waals surface area contributed by atoms with Crippen molar-refractivity contribution in [2.45, 2.75) is 78.6 Å². The zero-order chi connectivity index (χ0) is 21.1. The average molecular weight is 401 g/mol. The summed E-state index contributed by atoms with van der Waals surface area (Å²) < 4.78 is 0. The second-order valence-corrected chi connectivity index (χ2v) is 9.06. The van der Waals surface area contributed by atoms with Crippen LogP contribution in [0.2, 0.25) is 0 Å². The lowest BCUT2D eigenvalue weighted by atomic mass is 9.91. The maximum absolute atomic E-state index is 12.6. The van der Waals surface area contributed by atoms with E-state index in [-0.39, 0.29) is 17.9 Å². The molecule has 0 unspecified atom stereocenters. The Balaban J connectivity index is 1.69. The number of hydrogen-bond donors (Lipinski definition) is 1. The molecule has 0 spiro atoms. The van der Waals surface area contributed by atoms with E-state index in [1.165, 1.54) is 18.4 Å². The van der Waals surface area contributed by atoms with Crippen molar-refractivity contribution in [3.63, 3.8) is 0 Å². The summed E-state index contributed by atoms with van der Waals surface area (Å²) in [6.07, 6.45) is 9.36. The molecule has 0 bridgehead atoms. The normalized spacial score (nSPS) is 16.1. The van der Waals surface area contributed by atoms with E-state index >= 15 is 0 Å². The number of likely N-dealkylation sites (tertiary alicyclic amines) is 1. The monoisotopic (exact) mass is 400 g/mol. The maximum Gasteiger partial charge on any atom is 0.324 e. The Morgan fingerprint density at radius 3 is 2.38 bits per heavy atom. The van der Waals surface area contributed by atoms with Crippen molar-refractivity contribution in [1.82, 2.24) is 10.2 Å². The van der Waals surface area contributed by atoms with Crippen LogP contribution in [0.4, 0.5) is 4.79 Å². The van der Waals surface area contributed by atoms with Crippen LogP contribution in [-0.2, 0) is 11.2 Å². The highest BCUT2D eigenvalue weighted by atomic mass is 16.2. The molecule has 162 valence electrons. The Kier molecular flexibility index (Phi) is 10.2. The molecule has 0 saturated carbocycles. The second-order valence-electron chi connectivity index (χ2n) is 9.06. The van der Waals surface area contributed by atoms with Crippen LogP contribution in [0, 0.1) is 17.8 Å². The van der Waals surface area contributed by atoms with E-state index < -0.39 is 0 Å². The van der Waals surface area contributed by atoms with Gasteiger partial charge in [-0.2, -0.15) is 0 Å². The average Bonchev–Trinajstić information content (AvgIpc) is 2.72. The van der Waals surface area contributed by atoms with Crippen LogP contribution in [0.25, 0.3) is 0 Å². The highest BCUT2D eigenvalue weighted by Gasteiger charge is 2.26. The van der Waals surface area contributed by atoms with E-state index in [0.29, 0.717) is 11.8 Å². The Morgan fingerprint density at radius 2 is 1.76 bits per heavy atom. The first kappa shape index (κ1) is 23.4. The lowest BCUT2D eigenvalue weighted by molar-refractivity contribution is -0.124. The highest BCUT2D eigenvalue weighted by molar-refractivity contribution is 5.95. The Hall–Kier alpha value is -1.84. The van der Waals surface area contributed by atoms with E-state index in [0.717, 1.165) is 58.0 Å². The van der Waals surface area contributed by atoms with E-state index in [4.69, 9.17) is 0 Å². The summed E-state index contributed by atoms with van der Waals surface area (Å²) in [5.74, 6) is 1.15. The molecular weight excluding hydrogens is 360 g/mol. The fraction of sp³-hybridized carbons (Fsp3) is 0.680. The van der Waals surface area contributed by atoms with Gasteiger partial charge in [0, 0.05) is 19.0 Å². The quantitative estimate of drug-likeness (QED) is 0.539. The van der Waals surface area contributed by atoms with Crippen LogP contribution in [-0.4, -0.2) is 29.9 Å². The molecule has 1 fully saturated rings. The molecule has 1 aromatic carbocycles. The SMILES string of the molecule is CCC[C@@H](CCC(C)C)C(=O)NC(=O)N1CCC(CCCc2ccccc2)CC1. The number of imide groups is 1. The molecule has 1 N–H and O–H groups in total. The van der Waals surface area contributed by atoms with Crippen molar-refractivity contribution in [1.29, 1.82) is 0 Å². The number of hydrogen-bond acceptors (Lipinski definition) is 2. The van der Waals surface area contributed by atoms with Crippen LogP contribution in [0.5, 0.6) is 0 Å². The van der Waals surface area contributed by atoms with Crippen molar-refractivity contribution in [3.05, 3.63) is 35.9 Å². The van der Waals surface area contributed by atoms with Crippen molar-refractivity contribution in [2.24, 2.45) is 17.8 Å². The number of carbonyl (C=O) groups is 2. The molecule has 0 aliphatic carbocycles. The molecule has 2 rings (SSSR count). The minimum Gasteiger partial charge on any atom is -0.324 e. The van der Waals surface area contributed by atoms with Crippen molar-refractivity contribution >= 4 is 11.9 Å². The Morgan fingerprint density at radius 1 is 1.07 bits per heavy atom. The van der Waals surface area contributed by atoms with Gasteiger partial charge in [0.25, 0.3) is 0 Å². The van der Waals surface area contributed by atoms with Gasteiger partial charge in [0.2, 0.25) is 5.91 Å². The number of nitrogens with one attached hydrogen (secondary N) is 1. The number of aryl methyl sites for hydroxylation is 1. The number of carbonyl (C=O) groups excluding carboxylic acids is 2. The summed E-state index contributed by atoms with van der Waals surface area (Å²) in [7, 11) is 0. The summed E-state index contributed by atoms with van der Waals surface area (Å²) in [5.41, 5.74) is 1.40. The molecule has 1 aliphatic rings. The van der Waals surface area contributed by atoms with Crippen LogP contribution >= 0.6 is 0 Å². The van der Waals surface area contributed by atoms with Gasteiger partial charge in [0.05, 0.1) is 0 Å². The third kappa shape index (κ3) is 8.59. The van der Waals surface area contributed by atoms with Gasteiger partial charge >= 0.3 is 6.03 Å². The first-order chi connectivity index (χ1) is 14.0. The zero-order valence-corrected chi connectivity index (χ0v) is 18.7. The van der Waals surface area contributed by atoms with Gasteiger partial charge in [0.15, 0.2) is 0 Å². The third-order valence-electron chi connectivity index (χ3n) is 6.15. The highest BCUT2D eigenvalue weighted by Crippen LogP contribution is 2.23. The molecule has 3 amide bonds. The van der Waals surface area contributed by atoms with E-state index in [2.05, 4.69) is 56.4 Å². The zero-order valence-electron chi connectivity index (χ0n) is 18.7. The van der Waals surface area contributed by atoms with E-state index in [9.17, 15) is 9.59 Å². The van der Waals surface area contributed by atoms with Gasteiger partial charge in [-0.3, -0.25) is 10.1 Å². The third-order valence-corrected chi connectivity index (χ3v) is 6.15. The van der Waals surface area contributed by atoms with Crippen molar-refractivity contribution < 1.29 is 9.59 Å². The maximum atomic E-state index is 12.6. The summed E-state index contributed by atoms with van der Waals surface area (Å²) in [5, 5.41) is 2.69. The van der Waals surface area contributed by atoms with Crippen LogP contribution < -0.4 is 5.32 Å². The van der Waals surface area contributed by atoms with Crippen LogP contribution in [0.1, 0.15) is 77.7 Å². The fourth-order valence-corrected chi connectivity index (χ4v) is 4.24. The standard InChI is InChI=1S/C25H40N2O2/c1-4-9-23(15-14-20(2)3)24(28)26-25(29)27-18-16-22(17-19-27)13-8-12-21-10-6-5-7-11-21/h5-7,10-11,20,22-23H,4,8-9,12-19H2,1-3H3,(H,26,28,29)/t23-/m0/s1. The number of nitrogens with zero attached hydrogens (tertiary/aromatic N) is 1. The molecule has 29 heavy (non-hydrogen) atoms. The first-order valence-corrected chi connectivity index (χ1v) is 11.6. The van der Waals surface area contributed by atoms with Crippen molar-refractivity contribution in [2.75, 3.05) is 13.1 Å². The predicted octanol–water partition coefficient (Wildman–Crippen LogP) is 5.81. The largest absolute Gasteiger partial charge is 0.324 e. The Labute approximate surface area is 177 Å².